The van der Waals surface area contributed by atoms with Crippen LogP contribution in [0.25, 0.3) is 11.4 Å². The molecule has 0 bridgehead atoms. The summed E-state index contributed by atoms with van der Waals surface area (Å²) in [5, 5.41) is 6.81. The normalized spacial score (nSPS) is 10.6. The van der Waals surface area contributed by atoms with Gasteiger partial charge < -0.3 is 14.6 Å². The van der Waals surface area contributed by atoms with Crippen molar-refractivity contribution in [3.8, 4) is 11.4 Å². The lowest BCUT2D eigenvalue weighted by Gasteiger charge is -2.06. The average Bonchev–Trinajstić information content (AvgIpc) is 3.18. The lowest BCUT2D eigenvalue weighted by atomic mass is 10.1. The predicted molar refractivity (Wildman–Crippen MR) is 108 cm³/mol. The molecule has 7 nitrogen and oxygen atoms in total. The van der Waals surface area contributed by atoms with Crippen molar-refractivity contribution in [3.63, 3.8) is 0 Å². The Labute approximate surface area is 169 Å². The molecule has 3 aromatic rings. The molecule has 0 fully saturated rings. The number of benzene rings is 2. The number of carbonyl (C=O) groups is 2. The first kappa shape index (κ1) is 20.3. The van der Waals surface area contributed by atoms with Gasteiger partial charge >= 0.3 is 5.97 Å². The van der Waals surface area contributed by atoms with Crippen LogP contribution in [-0.2, 0) is 16.0 Å². The largest absolute Gasteiger partial charge is 0.462 e. The second-order valence-corrected chi connectivity index (χ2v) is 6.58. The number of amides is 1. The Morgan fingerprint density at radius 2 is 1.93 bits per heavy atom. The number of anilines is 1. The van der Waals surface area contributed by atoms with E-state index >= 15 is 0 Å². The van der Waals surface area contributed by atoms with E-state index in [4.69, 9.17) is 9.26 Å². The number of hydrogen-bond donors (Lipinski definition) is 1. The number of rotatable bonds is 8. The van der Waals surface area contributed by atoms with E-state index in [1.165, 1.54) is 0 Å². The van der Waals surface area contributed by atoms with Crippen molar-refractivity contribution in [2.75, 3.05) is 11.9 Å². The molecule has 0 aliphatic heterocycles. The molecule has 0 saturated carbocycles. The first-order valence-corrected chi connectivity index (χ1v) is 9.52. The van der Waals surface area contributed by atoms with Gasteiger partial charge in [-0.1, -0.05) is 28.9 Å². The Morgan fingerprint density at radius 3 is 2.66 bits per heavy atom. The van der Waals surface area contributed by atoms with Crippen molar-refractivity contribution < 1.29 is 18.8 Å². The topological polar surface area (TPSA) is 94.3 Å². The Hall–Kier alpha value is -3.48. The second-order valence-electron chi connectivity index (χ2n) is 6.58. The van der Waals surface area contributed by atoms with Gasteiger partial charge in [-0.3, -0.25) is 4.79 Å². The summed E-state index contributed by atoms with van der Waals surface area (Å²) in [5.41, 5.74) is 3.11. The van der Waals surface area contributed by atoms with Crippen molar-refractivity contribution in [1.29, 1.82) is 0 Å². The minimum atomic E-state index is -0.380. The molecule has 29 heavy (non-hydrogen) atoms. The van der Waals surface area contributed by atoms with Gasteiger partial charge in [0.2, 0.25) is 17.6 Å². The Morgan fingerprint density at radius 1 is 1.14 bits per heavy atom. The van der Waals surface area contributed by atoms with Crippen LogP contribution < -0.4 is 5.32 Å². The molecule has 1 N–H and O–H groups in total. The number of ether oxygens (including phenoxy) is 1. The maximum atomic E-state index is 12.1. The summed E-state index contributed by atoms with van der Waals surface area (Å²) in [7, 11) is 0. The third-order valence-corrected chi connectivity index (χ3v) is 4.22. The van der Waals surface area contributed by atoms with E-state index in [9.17, 15) is 9.59 Å². The van der Waals surface area contributed by atoms with Gasteiger partial charge in [-0.15, -0.1) is 0 Å². The molecule has 0 aliphatic rings. The van der Waals surface area contributed by atoms with Crippen molar-refractivity contribution in [1.82, 2.24) is 10.1 Å². The lowest BCUT2D eigenvalue weighted by molar-refractivity contribution is -0.116. The van der Waals surface area contributed by atoms with E-state index in [0.29, 0.717) is 48.8 Å². The fraction of sp³-hybridized carbons (Fsp3) is 0.273. The van der Waals surface area contributed by atoms with Gasteiger partial charge in [-0.25, -0.2) is 4.79 Å². The van der Waals surface area contributed by atoms with Crippen molar-refractivity contribution in [2.45, 2.75) is 33.1 Å². The summed E-state index contributed by atoms with van der Waals surface area (Å²) in [5.74, 6) is 0.560. The molecule has 0 spiro atoms. The highest BCUT2D eigenvalue weighted by Crippen LogP contribution is 2.18. The monoisotopic (exact) mass is 393 g/mol. The fourth-order valence-electron chi connectivity index (χ4n) is 2.79. The molecule has 7 heteroatoms. The smallest absolute Gasteiger partial charge is 0.338 e. The number of nitrogens with zero attached hydrogens (tertiary/aromatic N) is 2. The van der Waals surface area contributed by atoms with Crippen molar-refractivity contribution >= 4 is 17.6 Å². The van der Waals surface area contributed by atoms with Crippen LogP contribution in [0.1, 0.15) is 41.6 Å². The Balaban J connectivity index is 1.46. The van der Waals surface area contributed by atoms with Crippen LogP contribution in [0.5, 0.6) is 0 Å². The zero-order valence-electron chi connectivity index (χ0n) is 16.5. The van der Waals surface area contributed by atoms with Gasteiger partial charge in [0.1, 0.15) is 0 Å². The summed E-state index contributed by atoms with van der Waals surface area (Å²) >= 11 is 0. The van der Waals surface area contributed by atoms with Gasteiger partial charge in [0, 0.05) is 24.1 Å². The van der Waals surface area contributed by atoms with Crippen LogP contribution in [0.4, 0.5) is 5.69 Å². The molecule has 0 atom stereocenters. The van der Waals surface area contributed by atoms with E-state index in [1.54, 1.807) is 31.2 Å². The minimum Gasteiger partial charge on any atom is -0.462 e. The highest BCUT2D eigenvalue weighted by Gasteiger charge is 2.11. The maximum Gasteiger partial charge on any atom is 0.338 e. The second kappa shape index (κ2) is 9.64. The van der Waals surface area contributed by atoms with Crippen LogP contribution in [-0.4, -0.2) is 28.6 Å². The Kier molecular flexibility index (Phi) is 6.73. The third kappa shape index (κ3) is 5.75. The van der Waals surface area contributed by atoms with Gasteiger partial charge in [-0.2, -0.15) is 4.98 Å². The molecule has 0 unspecified atom stereocenters. The minimum absolute atomic E-state index is 0.118. The van der Waals surface area contributed by atoms with Gasteiger partial charge in [-0.05, 0) is 50.6 Å². The fourth-order valence-corrected chi connectivity index (χ4v) is 2.79. The summed E-state index contributed by atoms with van der Waals surface area (Å²) in [6, 6.07) is 14.5. The molecule has 1 aromatic heterocycles. The van der Waals surface area contributed by atoms with Crippen molar-refractivity contribution in [2.24, 2.45) is 0 Å². The third-order valence-electron chi connectivity index (χ3n) is 4.22. The molecule has 2 aromatic carbocycles. The molecule has 0 aliphatic carbocycles. The molecule has 150 valence electrons. The summed E-state index contributed by atoms with van der Waals surface area (Å²) in [4.78, 5) is 28.1. The highest BCUT2D eigenvalue weighted by molar-refractivity contribution is 5.93. The van der Waals surface area contributed by atoms with E-state index in [-0.39, 0.29) is 11.9 Å². The SMILES string of the molecule is CCOC(=O)c1ccc(NC(=O)CCCc2nc(-c3cccc(C)c3)no2)cc1. The van der Waals surface area contributed by atoms with E-state index in [2.05, 4.69) is 15.5 Å². The number of aryl methyl sites for hydroxylation is 2. The highest BCUT2D eigenvalue weighted by atomic mass is 16.5. The summed E-state index contributed by atoms with van der Waals surface area (Å²) < 4.78 is 10.2. The molecule has 0 saturated heterocycles. The molecular weight excluding hydrogens is 370 g/mol. The van der Waals surface area contributed by atoms with E-state index < -0.39 is 0 Å². The standard InChI is InChI=1S/C22H23N3O4/c1-3-28-22(27)16-10-12-18(13-11-16)23-19(26)8-5-9-20-24-21(25-29-20)17-7-4-6-15(2)14-17/h4,6-7,10-14H,3,5,8-9H2,1-2H3,(H,23,26). The zero-order valence-corrected chi connectivity index (χ0v) is 16.5. The first-order chi connectivity index (χ1) is 14.0. The average molecular weight is 393 g/mol. The van der Waals surface area contributed by atoms with Crippen LogP contribution in [0.15, 0.2) is 53.1 Å². The van der Waals surface area contributed by atoms with Crippen LogP contribution >= 0.6 is 0 Å². The Bertz CT molecular complexity index is 980. The number of nitrogens with one attached hydrogen (secondary N) is 1. The van der Waals surface area contributed by atoms with E-state index in [1.807, 2.05) is 31.2 Å². The lowest BCUT2D eigenvalue weighted by Crippen LogP contribution is -2.12. The predicted octanol–water partition coefficient (Wildman–Crippen LogP) is 4.18. The van der Waals surface area contributed by atoms with Crippen molar-refractivity contribution in [3.05, 3.63) is 65.5 Å². The first-order valence-electron chi connectivity index (χ1n) is 9.52. The summed E-state index contributed by atoms with van der Waals surface area (Å²) in [6.45, 7) is 4.08. The number of hydrogen-bond acceptors (Lipinski definition) is 6. The molecule has 1 heterocycles. The number of carbonyl (C=O) groups excluding carboxylic acids is 2. The van der Waals surface area contributed by atoms with Crippen LogP contribution in [0.2, 0.25) is 0 Å². The van der Waals surface area contributed by atoms with Gasteiger partial charge in [0.25, 0.3) is 0 Å². The van der Waals surface area contributed by atoms with Crippen LogP contribution in [0.3, 0.4) is 0 Å². The molecular formula is C22H23N3O4. The molecule has 3 rings (SSSR count). The van der Waals surface area contributed by atoms with Crippen LogP contribution in [0, 0.1) is 6.92 Å². The van der Waals surface area contributed by atoms with E-state index in [0.717, 1.165) is 11.1 Å². The number of esters is 1. The van der Waals surface area contributed by atoms with Gasteiger partial charge in [0.05, 0.1) is 12.2 Å². The number of aromatic nitrogens is 2. The van der Waals surface area contributed by atoms with Gasteiger partial charge in [0.15, 0.2) is 0 Å². The molecule has 0 radical (unpaired) electrons. The maximum absolute atomic E-state index is 12.1. The quantitative estimate of drug-likeness (QED) is 0.577. The zero-order chi connectivity index (χ0) is 20.6. The summed E-state index contributed by atoms with van der Waals surface area (Å²) in [6.07, 6.45) is 1.43. The molecule has 1 amide bonds.